The van der Waals surface area contributed by atoms with Crippen LogP contribution in [0.25, 0.3) is 11.7 Å². The summed E-state index contributed by atoms with van der Waals surface area (Å²) >= 11 is 5.97. The number of fused-ring (bicyclic) bond motifs is 1. The van der Waals surface area contributed by atoms with E-state index in [1.165, 1.54) is 10.5 Å². The maximum atomic E-state index is 13.3. The van der Waals surface area contributed by atoms with Gasteiger partial charge in [-0.3, -0.25) is 14.0 Å². The number of carbonyl (C=O) groups is 1. The minimum absolute atomic E-state index is 0.00629. The summed E-state index contributed by atoms with van der Waals surface area (Å²) in [6, 6.07) is 19.0. The summed E-state index contributed by atoms with van der Waals surface area (Å²) in [6.45, 7) is 3.84. The molecule has 2 aromatic carbocycles. The molecule has 0 unspecified atom stereocenters. The molecule has 1 N–H and O–H groups in total. The van der Waals surface area contributed by atoms with Gasteiger partial charge in [-0.1, -0.05) is 35.9 Å². The summed E-state index contributed by atoms with van der Waals surface area (Å²) in [6.07, 6.45) is 2.75. The van der Waals surface area contributed by atoms with Crippen LogP contribution in [-0.4, -0.2) is 15.3 Å². The summed E-state index contributed by atoms with van der Waals surface area (Å²) in [5.74, 6) is -0.183. The lowest BCUT2D eigenvalue weighted by molar-refractivity contribution is -0.112. The zero-order valence-electron chi connectivity index (χ0n) is 18.4. The zero-order valence-corrected chi connectivity index (χ0v) is 19.1. The molecule has 2 aromatic heterocycles. The van der Waals surface area contributed by atoms with E-state index in [-0.39, 0.29) is 17.0 Å². The van der Waals surface area contributed by atoms with E-state index in [0.29, 0.717) is 22.1 Å². The number of aromatic nitrogens is 2. The van der Waals surface area contributed by atoms with Crippen molar-refractivity contribution in [2.75, 3.05) is 5.32 Å². The number of rotatable bonds is 5. The number of amides is 1. The highest BCUT2D eigenvalue weighted by atomic mass is 35.5. The number of nitrogens with zero attached hydrogens (tertiary/aromatic N) is 3. The molecule has 0 atom stereocenters. The van der Waals surface area contributed by atoms with Gasteiger partial charge in [0.05, 0.1) is 0 Å². The molecule has 168 valence electrons. The largest absolute Gasteiger partial charge is 0.438 e. The first kappa shape index (κ1) is 22.8. The van der Waals surface area contributed by atoms with Crippen molar-refractivity contribution < 1.29 is 9.53 Å². The number of nitriles is 1. The highest BCUT2D eigenvalue weighted by molar-refractivity contribution is 6.31. The number of pyridine rings is 1. The molecule has 1 amide bonds. The van der Waals surface area contributed by atoms with Crippen LogP contribution in [-0.2, 0) is 4.79 Å². The lowest BCUT2D eigenvalue weighted by atomic mass is 10.1. The lowest BCUT2D eigenvalue weighted by Crippen LogP contribution is -2.20. The van der Waals surface area contributed by atoms with Crippen molar-refractivity contribution in [3.63, 3.8) is 0 Å². The zero-order chi connectivity index (χ0) is 24.2. The molecule has 4 aromatic rings. The van der Waals surface area contributed by atoms with Crippen LogP contribution in [0.5, 0.6) is 11.6 Å². The molecular formula is C26H19ClN4O3. The monoisotopic (exact) mass is 470 g/mol. The Kier molecular flexibility index (Phi) is 6.44. The topological polar surface area (TPSA) is 96.5 Å². The second kappa shape index (κ2) is 9.61. The Morgan fingerprint density at radius 2 is 1.94 bits per heavy atom. The van der Waals surface area contributed by atoms with Gasteiger partial charge in [0.1, 0.15) is 28.6 Å². The number of anilines is 1. The molecule has 2 heterocycles. The van der Waals surface area contributed by atoms with E-state index >= 15 is 0 Å². The van der Waals surface area contributed by atoms with Gasteiger partial charge in [-0.25, -0.2) is 0 Å². The summed E-state index contributed by atoms with van der Waals surface area (Å²) < 4.78 is 7.37. The van der Waals surface area contributed by atoms with Gasteiger partial charge in [0.15, 0.2) is 0 Å². The van der Waals surface area contributed by atoms with Crippen LogP contribution in [0.15, 0.2) is 77.2 Å². The number of hydrogen-bond donors (Lipinski definition) is 1. The first-order chi connectivity index (χ1) is 16.4. The number of halogens is 1. The predicted octanol–water partition coefficient (Wildman–Crippen LogP) is 5.30. The lowest BCUT2D eigenvalue weighted by Gasteiger charge is -2.13. The molecule has 8 heteroatoms. The van der Waals surface area contributed by atoms with Crippen LogP contribution in [0.3, 0.4) is 0 Å². The van der Waals surface area contributed by atoms with E-state index in [1.54, 1.807) is 54.7 Å². The third kappa shape index (κ3) is 4.68. The molecule has 0 aliphatic rings. The van der Waals surface area contributed by atoms with Crippen molar-refractivity contribution in [1.29, 1.82) is 5.26 Å². The van der Waals surface area contributed by atoms with Gasteiger partial charge in [0.25, 0.3) is 11.5 Å². The minimum atomic E-state index is -0.694. The molecule has 4 rings (SSSR count). The smallest absolute Gasteiger partial charge is 0.269 e. The second-order valence-corrected chi connectivity index (χ2v) is 7.94. The first-order valence-corrected chi connectivity index (χ1v) is 10.7. The normalized spacial score (nSPS) is 11.2. The Hall–Kier alpha value is -4.41. The van der Waals surface area contributed by atoms with Crippen LogP contribution < -0.4 is 15.6 Å². The van der Waals surface area contributed by atoms with Gasteiger partial charge in [-0.15, -0.1) is 0 Å². The summed E-state index contributed by atoms with van der Waals surface area (Å²) in [5, 5.41) is 12.7. The van der Waals surface area contributed by atoms with E-state index in [4.69, 9.17) is 16.3 Å². The van der Waals surface area contributed by atoms with Crippen LogP contribution in [0.2, 0.25) is 5.02 Å². The fourth-order valence-electron chi connectivity index (χ4n) is 3.28. The molecule has 0 saturated heterocycles. The van der Waals surface area contributed by atoms with Crippen LogP contribution in [0, 0.1) is 25.2 Å². The fraction of sp³-hybridized carbons (Fsp3) is 0.0769. The second-order valence-electron chi connectivity index (χ2n) is 7.50. The quantitative estimate of drug-likeness (QED) is 0.315. The number of aryl methyl sites for hydroxylation is 1. The first-order valence-electron chi connectivity index (χ1n) is 10.3. The van der Waals surface area contributed by atoms with Crippen LogP contribution >= 0.6 is 11.6 Å². The molecule has 0 aliphatic carbocycles. The average molecular weight is 471 g/mol. The standard InChI is InChI=1S/C26H19ClN4O3/c1-16-7-5-10-22(17(16)2)34-25-21(26(33)31-12-4-3-11-23(31)30-25)13-18(15-28)24(32)29-20-9-6-8-19(27)14-20/h3-14H,1-2H3,(H,29,32)/b18-13-. The Morgan fingerprint density at radius 3 is 2.71 bits per heavy atom. The molecule has 0 radical (unpaired) electrons. The van der Waals surface area contributed by atoms with E-state index in [1.807, 2.05) is 32.0 Å². The van der Waals surface area contributed by atoms with Crippen molar-refractivity contribution in [3.05, 3.63) is 105 Å². The molecule has 0 bridgehead atoms. The Morgan fingerprint density at radius 1 is 1.15 bits per heavy atom. The van der Waals surface area contributed by atoms with E-state index < -0.39 is 11.5 Å². The maximum absolute atomic E-state index is 13.3. The fourth-order valence-corrected chi connectivity index (χ4v) is 3.47. The van der Waals surface area contributed by atoms with Gasteiger partial charge in [-0.05, 0) is 67.4 Å². The van der Waals surface area contributed by atoms with Crippen molar-refractivity contribution in [2.45, 2.75) is 13.8 Å². The van der Waals surface area contributed by atoms with Crippen molar-refractivity contribution in [3.8, 4) is 17.7 Å². The number of benzene rings is 2. The number of carbonyl (C=O) groups excluding carboxylic acids is 1. The number of nitrogens with one attached hydrogen (secondary N) is 1. The average Bonchev–Trinajstić information content (AvgIpc) is 2.82. The third-order valence-electron chi connectivity index (χ3n) is 5.23. The summed E-state index contributed by atoms with van der Waals surface area (Å²) in [4.78, 5) is 30.6. The van der Waals surface area contributed by atoms with E-state index in [9.17, 15) is 14.9 Å². The van der Waals surface area contributed by atoms with Crippen molar-refractivity contribution in [1.82, 2.24) is 9.38 Å². The molecule has 0 saturated carbocycles. The maximum Gasteiger partial charge on any atom is 0.269 e. The molecule has 34 heavy (non-hydrogen) atoms. The van der Waals surface area contributed by atoms with Crippen LogP contribution in [0.4, 0.5) is 5.69 Å². The molecule has 0 aliphatic heterocycles. The molecule has 0 fully saturated rings. The van der Waals surface area contributed by atoms with Crippen molar-refractivity contribution >= 4 is 34.9 Å². The highest BCUT2D eigenvalue weighted by Crippen LogP contribution is 2.28. The van der Waals surface area contributed by atoms with Gasteiger partial charge in [0, 0.05) is 16.9 Å². The van der Waals surface area contributed by atoms with Crippen LogP contribution in [0.1, 0.15) is 16.7 Å². The van der Waals surface area contributed by atoms with E-state index in [0.717, 1.165) is 11.1 Å². The SMILES string of the molecule is Cc1cccc(Oc2nc3ccccn3c(=O)c2/C=C(/C#N)C(=O)Nc2cccc(Cl)c2)c1C. The summed E-state index contributed by atoms with van der Waals surface area (Å²) in [7, 11) is 0. The van der Waals surface area contributed by atoms with Crippen molar-refractivity contribution in [2.24, 2.45) is 0 Å². The predicted molar refractivity (Wildman–Crippen MR) is 131 cm³/mol. The Balaban J connectivity index is 1.83. The Labute approximate surface area is 200 Å². The number of ether oxygens (including phenoxy) is 1. The molecule has 7 nitrogen and oxygen atoms in total. The number of hydrogen-bond acceptors (Lipinski definition) is 5. The molecular weight excluding hydrogens is 452 g/mol. The summed E-state index contributed by atoms with van der Waals surface area (Å²) in [5.41, 5.74) is 1.88. The van der Waals surface area contributed by atoms with Gasteiger partial charge >= 0.3 is 0 Å². The van der Waals surface area contributed by atoms with Gasteiger partial charge in [0.2, 0.25) is 5.88 Å². The Bertz CT molecular complexity index is 1550. The van der Waals surface area contributed by atoms with E-state index in [2.05, 4.69) is 10.3 Å². The highest BCUT2D eigenvalue weighted by Gasteiger charge is 2.18. The third-order valence-corrected chi connectivity index (χ3v) is 5.47. The van der Waals surface area contributed by atoms with Gasteiger partial charge in [-0.2, -0.15) is 10.2 Å². The molecule has 0 spiro atoms. The minimum Gasteiger partial charge on any atom is -0.438 e. The van der Waals surface area contributed by atoms with Gasteiger partial charge < -0.3 is 10.1 Å².